The number of benzene rings is 2. The number of hydrogen-bond acceptors (Lipinski definition) is 4. The van der Waals surface area contributed by atoms with E-state index in [1.807, 2.05) is 24.3 Å². The number of thioether (sulfide) groups is 1. The van der Waals surface area contributed by atoms with Gasteiger partial charge in [0.25, 0.3) is 11.6 Å². The fourth-order valence-corrected chi connectivity index (χ4v) is 3.96. The van der Waals surface area contributed by atoms with Crippen molar-refractivity contribution in [3.05, 3.63) is 63.7 Å². The first-order valence-electron chi connectivity index (χ1n) is 7.80. The van der Waals surface area contributed by atoms with Crippen molar-refractivity contribution in [2.45, 2.75) is 30.4 Å². The Labute approximate surface area is 144 Å². The first-order chi connectivity index (χ1) is 11.5. The maximum Gasteiger partial charge on any atom is 0.272 e. The SMILES string of the molecule is Cc1cc(C(=O)N2CC[C@H](C)Sc3ccccc32)ccc1[N+](=O)[O-]. The van der Waals surface area contributed by atoms with E-state index in [1.54, 1.807) is 29.7 Å². The van der Waals surface area contributed by atoms with Crippen LogP contribution in [0.5, 0.6) is 0 Å². The molecule has 3 rings (SSSR count). The molecular formula is C18H18N2O3S. The topological polar surface area (TPSA) is 63.5 Å². The van der Waals surface area contributed by atoms with Crippen LogP contribution >= 0.6 is 11.8 Å². The molecule has 0 saturated heterocycles. The predicted octanol–water partition coefficient (Wildman–Crippen LogP) is 4.43. The average molecular weight is 342 g/mol. The number of carbonyl (C=O) groups excluding carboxylic acids is 1. The number of anilines is 1. The second-order valence-corrected chi connectivity index (χ2v) is 7.38. The van der Waals surface area contributed by atoms with Crippen LogP contribution in [0, 0.1) is 17.0 Å². The molecule has 6 heteroatoms. The van der Waals surface area contributed by atoms with Gasteiger partial charge in [-0.25, -0.2) is 0 Å². The Morgan fingerprint density at radius 1 is 1.29 bits per heavy atom. The smallest absolute Gasteiger partial charge is 0.272 e. The van der Waals surface area contributed by atoms with Gasteiger partial charge in [-0.05, 0) is 37.6 Å². The number of para-hydroxylation sites is 1. The molecule has 0 bridgehead atoms. The van der Waals surface area contributed by atoms with Gasteiger partial charge in [0, 0.05) is 33.9 Å². The number of hydrogen-bond donors (Lipinski definition) is 0. The fourth-order valence-electron chi connectivity index (χ4n) is 2.85. The third-order valence-electron chi connectivity index (χ3n) is 4.13. The van der Waals surface area contributed by atoms with E-state index in [2.05, 4.69) is 6.92 Å². The zero-order valence-corrected chi connectivity index (χ0v) is 14.4. The standard InChI is InChI=1S/C18H18N2O3S/c1-12-11-14(7-8-15(12)20(22)23)18(21)19-10-9-13(2)24-17-6-4-3-5-16(17)19/h3-8,11,13H,9-10H2,1-2H3/t13-/m0/s1. The van der Waals surface area contributed by atoms with Gasteiger partial charge in [0.1, 0.15) is 0 Å². The Hall–Kier alpha value is -2.34. The van der Waals surface area contributed by atoms with Gasteiger partial charge in [-0.3, -0.25) is 14.9 Å². The van der Waals surface area contributed by atoms with E-state index < -0.39 is 4.92 Å². The van der Waals surface area contributed by atoms with E-state index in [0.717, 1.165) is 17.0 Å². The van der Waals surface area contributed by atoms with Gasteiger partial charge in [0.2, 0.25) is 0 Å². The quantitative estimate of drug-likeness (QED) is 0.598. The number of carbonyl (C=O) groups is 1. The molecule has 0 unspecified atom stereocenters. The van der Waals surface area contributed by atoms with Crippen LogP contribution < -0.4 is 4.90 Å². The maximum absolute atomic E-state index is 13.0. The molecule has 0 aliphatic carbocycles. The van der Waals surface area contributed by atoms with E-state index in [9.17, 15) is 14.9 Å². The Bertz CT molecular complexity index is 807. The third kappa shape index (κ3) is 3.14. The molecule has 1 heterocycles. The van der Waals surface area contributed by atoms with Crippen LogP contribution in [0.1, 0.15) is 29.3 Å². The molecule has 124 valence electrons. The summed E-state index contributed by atoms with van der Waals surface area (Å²) in [6.45, 7) is 4.45. The normalized spacial score (nSPS) is 17.1. The lowest BCUT2D eigenvalue weighted by Crippen LogP contribution is -2.32. The average Bonchev–Trinajstić information content (AvgIpc) is 2.72. The minimum Gasteiger partial charge on any atom is -0.307 e. The van der Waals surface area contributed by atoms with Crippen molar-refractivity contribution in [2.24, 2.45) is 0 Å². The molecule has 1 amide bonds. The zero-order chi connectivity index (χ0) is 17.3. The zero-order valence-electron chi connectivity index (χ0n) is 13.6. The monoisotopic (exact) mass is 342 g/mol. The lowest BCUT2D eigenvalue weighted by molar-refractivity contribution is -0.385. The minimum atomic E-state index is -0.427. The molecule has 0 saturated carbocycles. The molecule has 1 aliphatic heterocycles. The summed E-state index contributed by atoms with van der Waals surface area (Å²) in [5.74, 6) is -0.116. The summed E-state index contributed by atoms with van der Waals surface area (Å²) in [4.78, 5) is 26.4. The van der Waals surface area contributed by atoms with E-state index in [-0.39, 0.29) is 11.6 Å². The van der Waals surface area contributed by atoms with Crippen molar-refractivity contribution in [3.8, 4) is 0 Å². The third-order valence-corrected chi connectivity index (χ3v) is 5.37. The van der Waals surface area contributed by atoms with Gasteiger partial charge in [-0.15, -0.1) is 11.8 Å². The van der Waals surface area contributed by atoms with E-state index >= 15 is 0 Å². The molecule has 1 atom stereocenters. The summed E-state index contributed by atoms with van der Waals surface area (Å²) in [5.41, 5.74) is 1.92. The van der Waals surface area contributed by atoms with Crippen LogP contribution in [0.25, 0.3) is 0 Å². The molecule has 0 fully saturated rings. The van der Waals surface area contributed by atoms with E-state index in [4.69, 9.17) is 0 Å². The Morgan fingerprint density at radius 3 is 2.75 bits per heavy atom. The lowest BCUT2D eigenvalue weighted by Gasteiger charge is -2.22. The number of aryl methyl sites for hydroxylation is 1. The molecule has 1 aliphatic rings. The summed E-state index contributed by atoms with van der Waals surface area (Å²) >= 11 is 1.78. The van der Waals surface area contributed by atoms with Crippen molar-refractivity contribution in [2.75, 3.05) is 11.4 Å². The van der Waals surface area contributed by atoms with Crippen molar-refractivity contribution in [1.29, 1.82) is 0 Å². The highest BCUT2D eigenvalue weighted by atomic mass is 32.2. The molecular weight excluding hydrogens is 324 g/mol. The Morgan fingerprint density at radius 2 is 2.04 bits per heavy atom. The maximum atomic E-state index is 13.0. The van der Waals surface area contributed by atoms with Gasteiger partial charge < -0.3 is 4.90 Å². The van der Waals surface area contributed by atoms with Crippen LogP contribution in [0.3, 0.4) is 0 Å². The van der Waals surface area contributed by atoms with Gasteiger partial charge in [-0.1, -0.05) is 19.1 Å². The fraction of sp³-hybridized carbons (Fsp3) is 0.278. The summed E-state index contributed by atoms with van der Waals surface area (Å²) in [5, 5.41) is 11.4. The molecule has 24 heavy (non-hydrogen) atoms. The highest BCUT2D eigenvalue weighted by Gasteiger charge is 2.25. The van der Waals surface area contributed by atoms with Gasteiger partial charge >= 0.3 is 0 Å². The second-order valence-electron chi connectivity index (χ2n) is 5.90. The van der Waals surface area contributed by atoms with Gasteiger partial charge in [0.05, 0.1) is 10.6 Å². The van der Waals surface area contributed by atoms with Crippen LogP contribution in [-0.4, -0.2) is 22.6 Å². The van der Waals surface area contributed by atoms with Gasteiger partial charge in [-0.2, -0.15) is 0 Å². The first-order valence-corrected chi connectivity index (χ1v) is 8.68. The Balaban J connectivity index is 1.98. The van der Waals surface area contributed by atoms with Crippen molar-refractivity contribution in [3.63, 3.8) is 0 Å². The largest absolute Gasteiger partial charge is 0.307 e. The number of fused-ring (bicyclic) bond motifs is 1. The number of nitro groups is 1. The molecule has 2 aromatic carbocycles. The second kappa shape index (κ2) is 6.65. The van der Waals surface area contributed by atoms with Crippen LogP contribution in [0.4, 0.5) is 11.4 Å². The minimum absolute atomic E-state index is 0.0343. The summed E-state index contributed by atoms with van der Waals surface area (Å²) in [7, 11) is 0. The van der Waals surface area contributed by atoms with E-state index in [0.29, 0.717) is 22.9 Å². The number of nitro benzene ring substituents is 1. The summed E-state index contributed by atoms with van der Waals surface area (Å²) in [6, 6.07) is 12.4. The van der Waals surface area contributed by atoms with E-state index in [1.165, 1.54) is 12.1 Å². The molecule has 0 N–H and O–H groups in total. The van der Waals surface area contributed by atoms with Crippen molar-refractivity contribution < 1.29 is 9.72 Å². The molecule has 0 spiro atoms. The first kappa shape index (κ1) is 16.5. The van der Waals surface area contributed by atoms with Crippen LogP contribution in [0.2, 0.25) is 0 Å². The highest BCUT2D eigenvalue weighted by Crippen LogP contribution is 2.38. The highest BCUT2D eigenvalue weighted by molar-refractivity contribution is 8.00. The molecule has 2 aromatic rings. The molecule has 0 radical (unpaired) electrons. The number of rotatable bonds is 2. The van der Waals surface area contributed by atoms with Crippen molar-refractivity contribution >= 4 is 29.0 Å². The predicted molar refractivity (Wildman–Crippen MR) is 95.9 cm³/mol. The number of nitrogens with zero attached hydrogens (tertiary/aromatic N) is 2. The number of amides is 1. The van der Waals surface area contributed by atoms with Crippen LogP contribution in [-0.2, 0) is 0 Å². The summed E-state index contributed by atoms with van der Waals surface area (Å²) < 4.78 is 0. The molecule has 5 nitrogen and oxygen atoms in total. The van der Waals surface area contributed by atoms with Crippen molar-refractivity contribution in [1.82, 2.24) is 0 Å². The molecule has 0 aromatic heterocycles. The summed E-state index contributed by atoms with van der Waals surface area (Å²) in [6.07, 6.45) is 0.900. The Kier molecular flexibility index (Phi) is 4.57. The van der Waals surface area contributed by atoms with Crippen LogP contribution in [0.15, 0.2) is 47.4 Å². The lowest BCUT2D eigenvalue weighted by atomic mass is 10.1. The van der Waals surface area contributed by atoms with Gasteiger partial charge in [0.15, 0.2) is 0 Å².